The Balaban J connectivity index is 1.69. The van der Waals surface area contributed by atoms with Gasteiger partial charge in [-0.15, -0.1) is 11.3 Å². The minimum atomic E-state index is -0.428. The average molecular weight is 487 g/mol. The van der Waals surface area contributed by atoms with Gasteiger partial charge in [0.15, 0.2) is 11.5 Å². The lowest BCUT2D eigenvalue weighted by atomic mass is 10.1. The molecule has 0 fully saturated rings. The van der Waals surface area contributed by atoms with Crippen LogP contribution in [-0.4, -0.2) is 22.1 Å². The van der Waals surface area contributed by atoms with Crippen LogP contribution in [-0.2, 0) is 0 Å². The fourth-order valence-electron chi connectivity index (χ4n) is 3.72. The number of aryl methyl sites for hydroxylation is 2. The summed E-state index contributed by atoms with van der Waals surface area (Å²) in [4.78, 5) is 16.3. The average Bonchev–Trinajstić information content (AvgIpc) is 3.48. The normalized spacial score (nSPS) is 13.3. The molecule has 1 aromatic heterocycles. The van der Waals surface area contributed by atoms with Crippen molar-refractivity contribution in [1.29, 1.82) is 0 Å². The van der Waals surface area contributed by atoms with Gasteiger partial charge in [0.05, 0.1) is 16.3 Å². The third-order valence-corrected chi connectivity index (χ3v) is 6.64. The highest BCUT2D eigenvalue weighted by atomic mass is 32.1. The van der Waals surface area contributed by atoms with E-state index in [2.05, 4.69) is 31.0 Å². The van der Waals surface area contributed by atoms with Gasteiger partial charge in [-0.3, -0.25) is 10.1 Å². The first-order valence-corrected chi connectivity index (χ1v) is 11.8. The van der Waals surface area contributed by atoms with Gasteiger partial charge in [0.1, 0.15) is 5.69 Å². The minimum Gasteiger partial charge on any atom is -0.454 e. The van der Waals surface area contributed by atoms with E-state index in [0.717, 1.165) is 28.1 Å². The summed E-state index contributed by atoms with van der Waals surface area (Å²) in [5, 5.41) is 18.4. The molecular formula is C26H22N4O4S. The van der Waals surface area contributed by atoms with Crippen LogP contribution in [0.25, 0.3) is 11.3 Å². The Bertz CT molecular complexity index is 1550. The summed E-state index contributed by atoms with van der Waals surface area (Å²) in [5.74, 6) is 1.37. The fraction of sp³-hybridized carbons (Fsp3) is 0.154. The van der Waals surface area contributed by atoms with Crippen LogP contribution < -0.4 is 14.3 Å². The highest BCUT2D eigenvalue weighted by molar-refractivity contribution is 7.07. The summed E-state index contributed by atoms with van der Waals surface area (Å²) in [7, 11) is 0. The molecule has 0 bridgehead atoms. The Kier molecular flexibility index (Phi) is 5.92. The first-order valence-electron chi connectivity index (χ1n) is 10.9. The maximum absolute atomic E-state index is 11.5. The van der Waals surface area contributed by atoms with Crippen LogP contribution in [0.1, 0.15) is 23.6 Å². The van der Waals surface area contributed by atoms with E-state index >= 15 is 0 Å². The van der Waals surface area contributed by atoms with Crippen LogP contribution in [0, 0.1) is 24.0 Å². The number of ether oxygens (including phenoxy) is 2. The second-order valence-corrected chi connectivity index (χ2v) is 8.96. The molecule has 3 aromatic carbocycles. The number of aromatic nitrogens is 1. The lowest BCUT2D eigenvalue weighted by Crippen LogP contribution is -2.14. The van der Waals surface area contributed by atoms with Gasteiger partial charge >= 0.3 is 0 Å². The molecule has 2 heterocycles. The number of rotatable bonds is 5. The summed E-state index contributed by atoms with van der Waals surface area (Å²) in [6.45, 7) is 6.23. The Labute approximate surface area is 205 Å². The maximum atomic E-state index is 11.5. The molecular weight excluding hydrogens is 464 g/mol. The van der Waals surface area contributed by atoms with E-state index in [1.54, 1.807) is 22.9 Å². The van der Waals surface area contributed by atoms with Gasteiger partial charge in [-0.25, -0.2) is 9.67 Å². The van der Waals surface area contributed by atoms with Crippen molar-refractivity contribution in [3.63, 3.8) is 0 Å². The molecule has 0 spiro atoms. The molecule has 0 atom stereocenters. The highest BCUT2D eigenvalue weighted by Crippen LogP contribution is 2.33. The third kappa shape index (κ3) is 4.45. The summed E-state index contributed by atoms with van der Waals surface area (Å²) in [6.07, 6.45) is 0. The van der Waals surface area contributed by atoms with Gasteiger partial charge in [0.25, 0.3) is 5.69 Å². The number of thiazole rings is 1. The van der Waals surface area contributed by atoms with Gasteiger partial charge in [0, 0.05) is 22.6 Å². The maximum Gasteiger partial charge on any atom is 0.294 e. The number of benzene rings is 3. The first-order chi connectivity index (χ1) is 16.9. The van der Waals surface area contributed by atoms with E-state index in [9.17, 15) is 10.1 Å². The number of nitro groups is 1. The van der Waals surface area contributed by atoms with Gasteiger partial charge < -0.3 is 9.47 Å². The molecule has 8 nitrogen and oxygen atoms in total. The number of fused-ring (bicyclic) bond motifs is 1. The standard InChI is InChI=1S/C26H22N4O4S/c1-16-8-9-20(12-17(16)2)23-14-35-26(27-21-6-4-5-7-22(21)30(31)32)29(23)28-18(3)19-10-11-24-25(13-19)34-15-33-24/h4-14H,15H2,1-3H3. The molecule has 9 heteroatoms. The van der Waals surface area contributed by atoms with Gasteiger partial charge in [-0.1, -0.05) is 24.3 Å². The van der Waals surface area contributed by atoms with Crippen molar-refractivity contribution >= 4 is 28.4 Å². The van der Waals surface area contributed by atoms with Crippen molar-refractivity contribution in [3.8, 4) is 22.8 Å². The van der Waals surface area contributed by atoms with E-state index in [1.807, 2.05) is 36.6 Å². The van der Waals surface area contributed by atoms with E-state index in [-0.39, 0.29) is 18.2 Å². The van der Waals surface area contributed by atoms with E-state index in [4.69, 9.17) is 14.6 Å². The quantitative estimate of drug-likeness (QED) is 0.197. The largest absolute Gasteiger partial charge is 0.454 e. The number of hydrogen-bond donors (Lipinski definition) is 0. The lowest BCUT2D eigenvalue weighted by Gasteiger charge is -2.09. The molecule has 0 aliphatic carbocycles. The number of hydrogen-bond acceptors (Lipinski definition) is 7. The number of para-hydroxylation sites is 2. The molecule has 0 radical (unpaired) electrons. The zero-order valence-electron chi connectivity index (χ0n) is 19.4. The second kappa shape index (κ2) is 9.19. The third-order valence-electron chi connectivity index (χ3n) is 5.82. The van der Waals surface area contributed by atoms with Gasteiger partial charge in [0.2, 0.25) is 11.6 Å². The van der Waals surface area contributed by atoms with Crippen LogP contribution in [0.3, 0.4) is 0 Å². The lowest BCUT2D eigenvalue weighted by molar-refractivity contribution is -0.384. The minimum absolute atomic E-state index is 0.0587. The van der Waals surface area contributed by atoms with Crippen molar-refractivity contribution in [3.05, 3.63) is 97.6 Å². The zero-order valence-corrected chi connectivity index (χ0v) is 20.2. The Hall–Kier alpha value is -4.24. The molecule has 35 heavy (non-hydrogen) atoms. The fourth-order valence-corrected chi connectivity index (χ4v) is 4.56. The monoisotopic (exact) mass is 486 g/mol. The summed E-state index contributed by atoms with van der Waals surface area (Å²) in [6, 6.07) is 18.3. The predicted molar refractivity (Wildman–Crippen MR) is 136 cm³/mol. The van der Waals surface area contributed by atoms with Crippen LogP contribution in [0.4, 0.5) is 11.4 Å². The molecule has 4 aromatic rings. The van der Waals surface area contributed by atoms with Crippen molar-refractivity contribution in [1.82, 2.24) is 4.68 Å². The number of nitrogens with zero attached hydrogens (tertiary/aromatic N) is 4. The van der Waals surface area contributed by atoms with Gasteiger partial charge in [-0.05, 0) is 62.2 Å². The Morgan fingerprint density at radius 2 is 1.83 bits per heavy atom. The van der Waals surface area contributed by atoms with Crippen LogP contribution >= 0.6 is 11.3 Å². The molecule has 176 valence electrons. The molecule has 1 aliphatic rings. The molecule has 0 unspecified atom stereocenters. The molecule has 0 N–H and O–H groups in total. The summed E-state index contributed by atoms with van der Waals surface area (Å²) < 4.78 is 12.7. The van der Waals surface area contributed by atoms with E-state index < -0.39 is 4.92 Å². The molecule has 0 saturated carbocycles. The van der Waals surface area contributed by atoms with Crippen LogP contribution in [0.15, 0.2) is 76.1 Å². The first kappa shape index (κ1) is 22.5. The molecule has 0 saturated heterocycles. The zero-order chi connectivity index (χ0) is 24.5. The van der Waals surface area contributed by atoms with E-state index in [1.165, 1.54) is 23.0 Å². The molecule has 0 amide bonds. The van der Waals surface area contributed by atoms with Gasteiger partial charge in [-0.2, -0.15) is 5.10 Å². The topological polar surface area (TPSA) is 91.2 Å². The predicted octanol–water partition coefficient (Wildman–Crippen LogP) is 5.98. The SMILES string of the molecule is CC(=Nn1c(-c2ccc(C)c(C)c2)csc1=Nc1ccccc1[N+](=O)[O-])c1ccc2c(c1)OCO2. The highest BCUT2D eigenvalue weighted by Gasteiger charge is 2.16. The van der Waals surface area contributed by atoms with Crippen LogP contribution in [0.5, 0.6) is 11.5 Å². The summed E-state index contributed by atoms with van der Waals surface area (Å²) in [5.41, 5.74) is 6.00. The van der Waals surface area contributed by atoms with Crippen LogP contribution in [0.2, 0.25) is 0 Å². The Morgan fingerprint density at radius 3 is 2.63 bits per heavy atom. The van der Waals surface area contributed by atoms with Crippen molar-refractivity contribution in [2.24, 2.45) is 10.1 Å². The molecule has 1 aliphatic heterocycles. The summed E-state index contributed by atoms with van der Waals surface area (Å²) >= 11 is 1.38. The second-order valence-electron chi connectivity index (χ2n) is 8.13. The Morgan fingerprint density at radius 1 is 1.03 bits per heavy atom. The van der Waals surface area contributed by atoms with Crippen molar-refractivity contribution < 1.29 is 14.4 Å². The molecule has 5 rings (SSSR count). The smallest absolute Gasteiger partial charge is 0.294 e. The number of nitro benzene ring substituents is 1. The van der Waals surface area contributed by atoms with E-state index in [0.29, 0.717) is 16.3 Å². The van der Waals surface area contributed by atoms with Crippen molar-refractivity contribution in [2.75, 3.05) is 6.79 Å². The van der Waals surface area contributed by atoms with Crippen molar-refractivity contribution in [2.45, 2.75) is 20.8 Å².